The van der Waals surface area contributed by atoms with Crippen molar-refractivity contribution < 1.29 is 20.1 Å². The molecule has 4 N–H and O–H groups in total. The molecule has 42 heavy (non-hydrogen) atoms. The first-order chi connectivity index (χ1) is 20.6. The van der Waals surface area contributed by atoms with Gasteiger partial charge in [0.2, 0.25) is 5.91 Å². The number of rotatable bonds is 34. The molecular formula is C37H75NO4. The van der Waals surface area contributed by atoms with Gasteiger partial charge in [-0.05, 0) is 12.8 Å². The number of aliphatic hydroxyl groups excluding tert-OH is 3. The van der Waals surface area contributed by atoms with Gasteiger partial charge in [-0.15, -0.1) is 0 Å². The molecule has 0 saturated carbocycles. The Hall–Kier alpha value is -0.650. The minimum atomic E-state index is -1.13. The fourth-order valence-electron chi connectivity index (χ4n) is 5.99. The number of amides is 1. The smallest absolute Gasteiger partial charge is 0.220 e. The van der Waals surface area contributed by atoms with E-state index in [1.165, 1.54) is 148 Å². The Morgan fingerprint density at radius 3 is 1.14 bits per heavy atom. The van der Waals surface area contributed by atoms with Crippen LogP contribution in [0.1, 0.15) is 206 Å². The molecule has 3 unspecified atom stereocenters. The highest BCUT2D eigenvalue weighted by molar-refractivity contribution is 5.76. The van der Waals surface area contributed by atoms with Gasteiger partial charge in [0.05, 0.1) is 18.8 Å². The van der Waals surface area contributed by atoms with Crippen LogP contribution in [0.4, 0.5) is 0 Å². The van der Waals surface area contributed by atoms with Crippen molar-refractivity contribution in [2.45, 2.75) is 225 Å². The molecule has 0 rings (SSSR count). The summed E-state index contributed by atoms with van der Waals surface area (Å²) in [5, 5.41) is 33.3. The third-order valence-electron chi connectivity index (χ3n) is 8.96. The molecule has 0 aliphatic rings. The fourth-order valence-corrected chi connectivity index (χ4v) is 5.99. The summed E-state index contributed by atoms with van der Waals surface area (Å²) in [4.78, 5) is 12.3. The number of unbranched alkanes of at least 4 members (excludes halogenated alkanes) is 26. The first-order valence-corrected chi connectivity index (χ1v) is 18.8. The highest BCUT2D eigenvalue weighted by Crippen LogP contribution is 2.16. The van der Waals surface area contributed by atoms with Crippen LogP contribution in [-0.2, 0) is 4.79 Å². The van der Waals surface area contributed by atoms with Gasteiger partial charge in [-0.3, -0.25) is 4.79 Å². The Morgan fingerprint density at radius 2 is 0.810 bits per heavy atom. The minimum Gasteiger partial charge on any atom is -0.394 e. The third-order valence-corrected chi connectivity index (χ3v) is 8.96. The van der Waals surface area contributed by atoms with Crippen LogP contribution in [0.2, 0.25) is 0 Å². The fraction of sp³-hybridized carbons (Fsp3) is 0.973. The van der Waals surface area contributed by atoms with E-state index in [4.69, 9.17) is 0 Å². The molecule has 0 aromatic rings. The van der Waals surface area contributed by atoms with Crippen molar-refractivity contribution in [3.05, 3.63) is 0 Å². The second-order valence-electron chi connectivity index (χ2n) is 13.1. The van der Waals surface area contributed by atoms with Gasteiger partial charge in [0.15, 0.2) is 0 Å². The molecule has 0 heterocycles. The number of carbonyl (C=O) groups is 1. The van der Waals surface area contributed by atoms with Crippen LogP contribution >= 0.6 is 0 Å². The van der Waals surface area contributed by atoms with E-state index < -0.39 is 18.2 Å². The van der Waals surface area contributed by atoms with Crippen LogP contribution in [0.3, 0.4) is 0 Å². The van der Waals surface area contributed by atoms with E-state index >= 15 is 0 Å². The van der Waals surface area contributed by atoms with Gasteiger partial charge in [-0.25, -0.2) is 0 Å². The lowest BCUT2D eigenvalue weighted by Gasteiger charge is -2.26. The van der Waals surface area contributed by atoms with E-state index in [1.54, 1.807) is 0 Å². The predicted molar refractivity (Wildman–Crippen MR) is 181 cm³/mol. The van der Waals surface area contributed by atoms with Crippen molar-refractivity contribution in [1.82, 2.24) is 5.32 Å². The lowest BCUT2D eigenvalue weighted by atomic mass is 9.99. The van der Waals surface area contributed by atoms with Crippen LogP contribution in [-0.4, -0.2) is 46.1 Å². The molecule has 0 aromatic heterocycles. The zero-order chi connectivity index (χ0) is 30.9. The monoisotopic (exact) mass is 598 g/mol. The number of carbonyl (C=O) groups excluding carboxylic acids is 1. The number of hydrogen-bond donors (Lipinski definition) is 4. The predicted octanol–water partition coefficient (Wildman–Crippen LogP) is 9.93. The first kappa shape index (κ1) is 41.4. The standard InChI is InChI=1S/C37H75NO4/c1-3-5-7-9-11-13-15-16-17-18-19-20-21-22-23-25-27-29-31-35(40)37(42)34(33-39)38-36(41)32-30-28-26-24-14-12-10-8-6-4-2/h34-35,37,39-40,42H,3-33H2,1-2H3,(H,38,41). The summed E-state index contributed by atoms with van der Waals surface area (Å²) >= 11 is 0. The molecule has 0 bridgehead atoms. The second kappa shape index (κ2) is 33.2. The lowest BCUT2D eigenvalue weighted by molar-refractivity contribution is -0.124. The number of hydrogen-bond acceptors (Lipinski definition) is 4. The van der Waals surface area contributed by atoms with Gasteiger partial charge in [0, 0.05) is 6.42 Å². The Bertz CT molecular complexity index is 544. The summed E-state index contributed by atoms with van der Waals surface area (Å²) in [7, 11) is 0. The van der Waals surface area contributed by atoms with Crippen molar-refractivity contribution in [2.75, 3.05) is 6.61 Å². The molecule has 0 fully saturated rings. The highest BCUT2D eigenvalue weighted by Gasteiger charge is 2.26. The normalized spacial score (nSPS) is 13.7. The van der Waals surface area contributed by atoms with E-state index in [-0.39, 0.29) is 12.5 Å². The van der Waals surface area contributed by atoms with Crippen molar-refractivity contribution in [3.8, 4) is 0 Å². The van der Waals surface area contributed by atoms with Crippen molar-refractivity contribution in [3.63, 3.8) is 0 Å². The van der Waals surface area contributed by atoms with E-state index in [0.29, 0.717) is 12.8 Å². The number of aliphatic hydroxyl groups is 3. The van der Waals surface area contributed by atoms with Gasteiger partial charge in [0.25, 0.3) is 0 Å². The third kappa shape index (κ3) is 28.1. The summed E-state index contributed by atoms with van der Waals surface area (Å²) in [6.45, 7) is 4.16. The van der Waals surface area contributed by atoms with Crippen LogP contribution in [0, 0.1) is 0 Å². The topological polar surface area (TPSA) is 89.8 Å². The van der Waals surface area contributed by atoms with E-state index in [9.17, 15) is 20.1 Å². The Morgan fingerprint density at radius 1 is 0.500 bits per heavy atom. The van der Waals surface area contributed by atoms with Gasteiger partial charge in [-0.2, -0.15) is 0 Å². The Balaban J connectivity index is 3.62. The zero-order valence-electron chi connectivity index (χ0n) is 28.4. The maximum Gasteiger partial charge on any atom is 0.220 e. The quantitative estimate of drug-likeness (QED) is 0.0556. The second-order valence-corrected chi connectivity index (χ2v) is 13.1. The van der Waals surface area contributed by atoms with Crippen LogP contribution < -0.4 is 5.32 Å². The van der Waals surface area contributed by atoms with Crippen LogP contribution in [0.15, 0.2) is 0 Å². The molecule has 0 saturated heterocycles. The molecular weight excluding hydrogens is 522 g/mol. The van der Waals surface area contributed by atoms with E-state index in [2.05, 4.69) is 19.2 Å². The summed E-state index contributed by atoms with van der Waals surface area (Å²) in [5.41, 5.74) is 0. The molecule has 0 spiro atoms. The number of nitrogens with one attached hydrogen (secondary N) is 1. The Labute approximate surface area is 262 Å². The van der Waals surface area contributed by atoms with Crippen molar-refractivity contribution in [1.29, 1.82) is 0 Å². The first-order valence-electron chi connectivity index (χ1n) is 18.8. The highest BCUT2D eigenvalue weighted by atomic mass is 16.3. The summed E-state index contributed by atoms with van der Waals surface area (Å²) in [6.07, 6.45) is 34.8. The van der Waals surface area contributed by atoms with Crippen LogP contribution in [0.5, 0.6) is 0 Å². The largest absolute Gasteiger partial charge is 0.394 e. The Kier molecular flexibility index (Phi) is 32.7. The molecule has 0 radical (unpaired) electrons. The SMILES string of the molecule is CCCCCCCCCCCCCCCCCCCCC(O)C(O)C(CO)NC(=O)CCCCCCCCCCCC. The molecule has 1 amide bonds. The van der Waals surface area contributed by atoms with Gasteiger partial charge in [-0.1, -0.05) is 187 Å². The minimum absolute atomic E-state index is 0.145. The molecule has 0 aliphatic carbocycles. The van der Waals surface area contributed by atoms with Crippen molar-refractivity contribution >= 4 is 5.91 Å². The molecule has 252 valence electrons. The average molecular weight is 598 g/mol. The van der Waals surface area contributed by atoms with E-state index in [1.807, 2.05) is 0 Å². The average Bonchev–Trinajstić information content (AvgIpc) is 2.99. The van der Waals surface area contributed by atoms with Gasteiger partial charge >= 0.3 is 0 Å². The molecule has 0 aliphatic heterocycles. The van der Waals surface area contributed by atoms with Gasteiger partial charge < -0.3 is 20.6 Å². The summed E-state index contributed by atoms with van der Waals surface area (Å²) in [6, 6.07) is -0.800. The molecule has 5 heteroatoms. The van der Waals surface area contributed by atoms with E-state index in [0.717, 1.165) is 32.1 Å². The summed E-state index contributed by atoms with van der Waals surface area (Å²) < 4.78 is 0. The maximum atomic E-state index is 12.3. The zero-order valence-corrected chi connectivity index (χ0v) is 28.4. The summed E-state index contributed by atoms with van der Waals surface area (Å²) in [5.74, 6) is -0.145. The molecule has 3 atom stereocenters. The maximum absolute atomic E-state index is 12.3. The van der Waals surface area contributed by atoms with Crippen molar-refractivity contribution in [2.24, 2.45) is 0 Å². The molecule has 0 aromatic carbocycles. The van der Waals surface area contributed by atoms with Crippen LogP contribution in [0.25, 0.3) is 0 Å². The lowest BCUT2D eigenvalue weighted by Crippen LogP contribution is -2.50. The molecule has 5 nitrogen and oxygen atoms in total. The van der Waals surface area contributed by atoms with Gasteiger partial charge in [0.1, 0.15) is 6.10 Å².